The quantitative estimate of drug-likeness (QED) is 0.135. The Bertz CT molecular complexity index is 4160. The van der Waals surface area contributed by atoms with Gasteiger partial charge in [-0.2, -0.15) is 12.1 Å². The molecule has 11 aromatic rings. The molecule has 0 N–H and O–H groups in total. The van der Waals surface area contributed by atoms with Gasteiger partial charge in [-0.3, -0.25) is 0 Å². The minimum Gasteiger partial charge on any atom is -0.509 e. The van der Waals surface area contributed by atoms with Crippen molar-refractivity contribution in [2.24, 2.45) is 0 Å². The Labute approximate surface area is 485 Å². The van der Waals surface area contributed by atoms with Crippen molar-refractivity contribution in [2.45, 2.75) is 85.4 Å². The largest absolute Gasteiger partial charge is 0.509 e. The summed E-state index contributed by atoms with van der Waals surface area (Å²) in [4.78, 5) is 9.51. The Morgan fingerprint density at radius 1 is 0.481 bits per heavy atom. The van der Waals surface area contributed by atoms with Crippen molar-refractivity contribution in [3.63, 3.8) is 0 Å². The topological polar surface area (TPSA) is 33.5 Å². The van der Waals surface area contributed by atoms with E-state index in [1.54, 1.807) is 12.3 Å². The molecule has 0 amide bonds. The third-order valence-electron chi connectivity index (χ3n) is 15.2. The van der Waals surface area contributed by atoms with Gasteiger partial charge < -0.3 is 19.1 Å². The van der Waals surface area contributed by atoms with E-state index in [-0.39, 0.29) is 42.9 Å². The minimum atomic E-state index is -2.41. The number of aromatic nitrogens is 2. The van der Waals surface area contributed by atoms with Crippen LogP contribution in [0.15, 0.2) is 206 Å². The average Bonchev–Trinajstić information content (AvgIpc) is 4.05. The van der Waals surface area contributed by atoms with E-state index >= 15 is 0 Å². The number of aryl methyl sites for hydroxylation is 1. The van der Waals surface area contributed by atoms with Crippen LogP contribution in [0.5, 0.6) is 11.5 Å². The van der Waals surface area contributed by atoms with Crippen LogP contribution in [0.4, 0.5) is 22.7 Å². The van der Waals surface area contributed by atoms with Crippen LogP contribution in [-0.4, -0.2) is 9.55 Å². The number of hydrogen-bond donors (Lipinski definition) is 0. The van der Waals surface area contributed by atoms with E-state index in [0.717, 1.165) is 66.9 Å². The normalized spacial score (nSPS) is 13.5. The zero-order valence-electron chi connectivity index (χ0n) is 49.2. The van der Waals surface area contributed by atoms with Gasteiger partial charge in [-0.25, -0.2) is 4.98 Å². The SMILES string of the molecule is [2H]C([2H])([2H])c1cc(-n2c3[c-]c(Oc4[c-]c(N5[CH-]N(c6c(-c7ccc(-c8ccccc8)cc7)cccc6-c6ccc(C(C)(C)C)cc6C(C)(C)C)c6ccccc65)ccc4)ccc3c3ccccc32)ncc1-c1ccc(C(C)(C)C)cc1.[Pt]. The van der Waals surface area contributed by atoms with Crippen LogP contribution in [-0.2, 0) is 37.3 Å². The third kappa shape index (κ3) is 10.1. The number of ether oxygens (including phenoxy) is 1. The molecule has 9 aromatic carbocycles. The molecule has 0 bridgehead atoms. The summed E-state index contributed by atoms with van der Waals surface area (Å²) in [6.45, 7) is 20.1. The molecule has 0 spiro atoms. The molecular formula is C73H65N4OPt-3. The smallest absolute Gasteiger partial charge is 0.135 e. The minimum absolute atomic E-state index is 0. The van der Waals surface area contributed by atoms with Crippen molar-refractivity contribution in [3.8, 4) is 61.8 Å². The van der Waals surface area contributed by atoms with Crippen LogP contribution in [0.1, 0.15) is 88.7 Å². The van der Waals surface area contributed by atoms with Crippen LogP contribution in [0.3, 0.4) is 0 Å². The summed E-state index contributed by atoms with van der Waals surface area (Å²) in [6.07, 6.45) is 1.69. The second-order valence-electron chi connectivity index (χ2n) is 23.6. The van der Waals surface area contributed by atoms with E-state index in [2.05, 4.69) is 230 Å². The van der Waals surface area contributed by atoms with Crippen LogP contribution in [0, 0.1) is 25.7 Å². The predicted octanol–water partition coefficient (Wildman–Crippen LogP) is 19.8. The van der Waals surface area contributed by atoms with Gasteiger partial charge in [0.25, 0.3) is 0 Å². The maximum absolute atomic E-state index is 8.72. The molecule has 0 atom stereocenters. The number of rotatable bonds is 9. The summed E-state index contributed by atoms with van der Waals surface area (Å²) in [5.74, 6) is 1.46. The van der Waals surface area contributed by atoms with Crippen molar-refractivity contribution < 1.29 is 29.9 Å². The van der Waals surface area contributed by atoms with Gasteiger partial charge in [0.15, 0.2) is 0 Å². The number of pyridine rings is 1. The fraction of sp³-hybridized carbons (Fsp3) is 0.178. The molecular weight excluding hydrogens is 1140 g/mol. The second kappa shape index (κ2) is 20.7. The van der Waals surface area contributed by atoms with Crippen LogP contribution >= 0.6 is 0 Å². The molecule has 0 saturated heterocycles. The second-order valence-corrected chi connectivity index (χ2v) is 23.6. The van der Waals surface area contributed by atoms with Crippen LogP contribution in [0.2, 0.25) is 0 Å². The first-order valence-corrected chi connectivity index (χ1v) is 26.9. The number of benzene rings is 9. The monoisotopic (exact) mass is 1210 g/mol. The average molecular weight is 1210 g/mol. The van der Waals surface area contributed by atoms with Gasteiger partial charge in [0.1, 0.15) is 5.82 Å². The zero-order valence-corrected chi connectivity index (χ0v) is 48.5. The summed E-state index contributed by atoms with van der Waals surface area (Å²) in [5, 5.41) is 1.92. The number of para-hydroxylation sites is 4. The number of anilines is 4. The fourth-order valence-corrected chi connectivity index (χ4v) is 10.9. The standard InChI is InChI=1S/C73H65N4O.Pt/c1-48-42-69(74-46-63(48)52-34-36-53(37-35-52)71(2,3)4)77-65-27-15-14-24-60(65)61-41-39-57(45-68(61)77)78-56-23-18-22-55(44-56)75-47-76(67-29-17-16-28-66(67)75)70-58(51-32-30-50(31-33-51)49-20-12-11-13-21-49)25-19-26-62(70)59-40-38-54(72(5,6)7)43-64(59)73(8,9)10;/h11-43,46-47H,1-10H3;/q-3;/i1D3;. The van der Waals surface area contributed by atoms with Crippen molar-refractivity contribution in [3.05, 3.63) is 247 Å². The summed E-state index contributed by atoms with van der Waals surface area (Å²) in [5.41, 5.74) is 17.5. The Balaban J connectivity index is 0.00000705. The number of nitrogens with zero attached hydrogens (tertiary/aromatic N) is 4. The molecule has 0 fully saturated rings. The molecule has 1 aliphatic heterocycles. The number of hydrogen-bond acceptors (Lipinski definition) is 4. The first-order chi connectivity index (χ1) is 38.7. The van der Waals surface area contributed by atoms with Gasteiger partial charge in [-0.1, -0.05) is 213 Å². The molecule has 6 heteroatoms. The van der Waals surface area contributed by atoms with Crippen molar-refractivity contribution >= 4 is 44.6 Å². The molecule has 0 saturated carbocycles. The van der Waals surface area contributed by atoms with E-state index in [0.29, 0.717) is 28.4 Å². The van der Waals surface area contributed by atoms with Gasteiger partial charge >= 0.3 is 0 Å². The van der Waals surface area contributed by atoms with Gasteiger partial charge in [-0.05, 0) is 103 Å². The molecule has 0 aliphatic carbocycles. The third-order valence-corrected chi connectivity index (χ3v) is 15.2. The maximum Gasteiger partial charge on any atom is 0.135 e. The molecule has 396 valence electrons. The molecule has 79 heavy (non-hydrogen) atoms. The van der Waals surface area contributed by atoms with Crippen LogP contribution < -0.4 is 14.5 Å². The first kappa shape index (κ1) is 49.3. The van der Waals surface area contributed by atoms with Gasteiger partial charge in [-0.15, -0.1) is 48.1 Å². The zero-order chi connectivity index (χ0) is 56.6. The summed E-state index contributed by atoms with van der Waals surface area (Å²) in [6, 6.07) is 76.8. The summed E-state index contributed by atoms with van der Waals surface area (Å²) < 4.78 is 34.9. The Morgan fingerprint density at radius 3 is 1.81 bits per heavy atom. The number of fused-ring (bicyclic) bond motifs is 4. The molecule has 3 heterocycles. The summed E-state index contributed by atoms with van der Waals surface area (Å²) in [7, 11) is 0. The maximum atomic E-state index is 8.72. The Kier molecular flexibility index (Phi) is 12.9. The van der Waals surface area contributed by atoms with Gasteiger partial charge in [0.2, 0.25) is 0 Å². The fourth-order valence-electron chi connectivity index (χ4n) is 10.9. The molecule has 0 radical (unpaired) electrons. The van der Waals surface area contributed by atoms with Gasteiger partial charge in [0.05, 0.1) is 0 Å². The van der Waals surface area contributed by atoms with Crippen molar-refractivity contribution in [2.75, 3.05) is 9.80 Å². The van der Waals surface area contributed by atoms with E-state index < -0.39 is 6.85 Å². The molecule has 12 rings (SSSR count). The van der Waals surface area contributed by atoms with Crippen molar-refractivity contribution in [1.82, 2.24) is 9.55 Å². The molecule has 5 nitrogen and oxygen atoms in total. The predicted molar refractivity (Wildman–Crippen MR) is 327 cm³/mol. The van der Waals surface area contributed by atoms with E-state index in [4.69, 9.17) is 13.8 Å². The van der Waals surface area contributed by atoms with E-state index in [1.807, 2.05) is 59.2 Å². The molecule has 2 aromatic heterocycles. The van der Waals surface area contributed by atoms with Crippen molar-refractivity contribution in [1.29, 1.82) is 0 Å². The Hall–Kier alpha value is -7.98. The molecule has 1 aliphatic rings. The Morgan fingerprint density at radius 2 is 1.09 bits per heavy atom. The summed E-state index contributed by atoms with van der Waals surface area (Å²) >= 11 is 0. The van der Waals surface area contributed by atoms with Gasteiger partial charge in [0, 0.05) is 82.1 Å². The first-order valence-electron chi connectivity index (χ1n) is 28.4. The molecule has 0 unspecified atom stereocenters. The van der Waals surface area contributed by atoms with Crippen LogP contribution in [0.25, 0.3) is 72.1 Å². The van der Waals surface area contributed by atoms with E-state index in [1.165, 1.54) is 27.8 Å². The van der Waals surface area contributed by atoms with E-state index in [9.17, 15) is 0 Å².